The molecule has 2 aromatic carbocycles. The summed E-state index contributed by atoms with van der Waals surface area (Å²) in [5.41, 5.74) is 2.74. The highest BCUT2D eigenvalue weighted by molar-refractivity contribution is 6.33. The molecule has 0 aromatic heterocycles. The van der Waals surface area contributed by atoms with Crippen molar-refractivity contribution in [2.24, 2.45) is 5.92 Å². The number of halogens is 1. The number of anilines is 1. The summed E-state index contributed by atoms with van der Waals surface area (Å²) in [4.78, 5) is 23.0. The van der Waals surface area contributed by atoms with Crippen molar-refractivity contribution in [2.75, 3.05) is 19.0 Å². The number of carboxylic acid groups (broad SMARTS) is 1. The number of rotatable bonds is 5. The molecule has 2 aliphatic rings. The molecule has 2 N–H and O–H groups in total. The fraction of sp³-hybridized carbons (Fsp3) is 0.273. The van der Waals surface area contributed by atoms with Crippen molar-refractivity contribution in [2.45, 2.75) is 18.4 Å². The monoisotopic (exact) mass is 413 g/mol. The fourth-order valence-corrected chi connectivity index (χ4v) is 4.38. The van der Waals surface area contributed by atoms with Crippen molar-refractivity contribution in [1.29, 1.82) is 0 Å². The normalized spacial score (nSPS) is 21.7. The number of allylic oxidation sites excluding steroid dienone is 2. The van der Waals surface area contributed by atoms with Crippen molar-refractivity contribution in [3.05, 3.63) is 70.3 Å². The van der Waals surface area contributed by atoms with Crippen LogP contribution in [0.1, 0.15) is 39.9 Å². The van der Waals surface area contributed by atoms with E-state index in [0.29, 0.717) is 16.5 Å². The highest BCUT2D eigenvalue weighted by Crippen LogP contribution is 2.52. The molecule has 0 saturated heterocycles. The molecule has 29 heavy (non-hydrogen) atoms. The Labute approximate surface area is 173 Å². The number of hydrogen-bond acceptors (Lipinski definition) is 5. The van der Waals surface area contributed by atoms with E-state index in [4.69, 9.17) is 16.3 Å². The van der Waals surface area contributed by atoms with E-state index < -0.39 is 11.9 Å². The van der Waals surface area contributed by atoms with Crippen LogP contribution < -0.4 is 10.1 Å². The number of ether oxygens (including phenoxy) is 2. The van der Waals surface area contributed by atoms with E-state index in [2.05, 4.69) is 22.2 Å². The number of nitrogens with one attached hydrogen (secondary N) is 1. The molecule has 4 rings (SSSR count). The van der Waals surface area contributed by atoms with Gasteiger partial charge in [-0.2, -0.15) is 0 Å². The summed E-state index contributed by atoms with van der Waals surface area (Å²) in [6.45, 7) is -0.146. The lowest BCUT2D eigenvalue weighted by Gasteiger charge is -2.38. The van der Waals surface area contributed by atoms with Gasteiger partial charge in [-0.25, -0.2) is 9.59 Å². The van der Waals surface area contributed by atoms with Crippen LogP contribution in [0.25, 0.3) is 0 Å². The predicted molar refractivity (Wildman–Crippen MR) is 109 cm³/mol. The van der Waals surface area contributed by atoms with Crippen molar-refractivity contribution in [3.8, 4) is 5.75 Å². The minimum Gasteiger partial charge on any atom is -0.482 e. The van der Waals surface area contributed by atoms with E-state index in [0.717, 1.165) is 17.5 Å². The average Bonchev–Trinajstić information content (AvgIpc) is 3.22. The van der Waals surface area contributed by atoms with Gasteiger partial charge in [0.15, 0.2) is 6.61 Å². The molecule has 0 spiro atoms. The minimum atomic E-state index is -0.954. The van der Waals surface area contributed by atoms with Gasteiger partial charge < -0.3 is 19.9 Å². The molecule has 3 atom stereocenters. The van der Waals surface area contributed by atoms with E-state index in [1.165, 1.54) is 7.11 Å². The SMILES string of the molecule is COC(=O)COc1ccc(C2Nc3c(Cl)ccc(C(=O)O)c3C3C=CCC32)cc1. The number of esters is 1. The molecular weight excluding hydrogens is 394 g/mol. The number of fused-ring (bicyclic) bond motifs is 3. The van der Waals surface area contributed by atoms with Crippen LogP contribution in [-0.4, -0.2) is 30.8 Å². The summed E-state index contributed by atoms with van der Waals surface area (Å²) in [5, 5.41) is 13.6. The molecule has 6 nitrogen and oxygen atoms in total. The topological polar surface area (TPSA) is 84.9 Å². The molecule has 0 saturated carbocycles. The van der Waals surface area contributed by atoms with Crippen molar-refractivity contribution < 1.29 is 24.2 Å². The van der Waals surface area contributed by atoms with Crippen LogP contribution in [0, 0.1) is 5.92 Å². The largest absolute Gasteiger partial charge is 0.482 e. The molecule has 2 aromatic rings. The fourth-order valence-electron chi connectivity index (χ4n) is 4.16. The quantitative estimate of drug-likeness (QED) is 0.557. The molecule has 1 aliphatic carbocycles. The Kier molecular flexibility index (Phi) is 5.20. The Morgan fingerprint density at radius 2 is 1.97 bits per heavy atom. The maximum absolute atomic E-state index is 11.8. The second-order valence-corrected chi connectivity index (χ2v) is 7.51. The van der Waals surface area contributed by atoms with Gasteiger partial charge in [0.25, 0.3) is 0 Å². The lowest BCUT2D eigenvalue weighted by molar-refractivity contribution is -0.142. The Bertz CT molecular complexity index is 985. The highest BCUT2D eigenvalue weighted by Gasteiger charge is 2.40. The minimum absolute atomic E-state index is 0.0173. The average molecular weight is 414 g/mol. The zero-order valence-electron chi connectivity index (χ0n) is 15.7. The standard InChI is InChI=1S/C22H20ClNO5/c1-28-18(25)11-29-13-7-5-12(6-8-13)20-15-4-2-3-14(15)19-16(22(26)27)9-10-17(23)21(19)24-20/h2-3,5-10,14-15,20,24H,4,11H2,1H3,(H,26,27). The van der Waals surface area contributed by atoms with E-state index in [9.17, 15) is 14.7 Å². The number of carbonyl (C=O) groups is 2. The van der Waals surface area contributed by atoms with Gasteiger partial charge in [-0.1, -0.05) is 35.9 Å². The molecule has 1 heterocycles. The van der Waals surface area contributed by atoms with Crippen molar-refractivity contribution in [1.82, 2.24) is 0 Å². The zero-order chi connectivity index (χ0) is 20.5. The summed E-state index contributed by atoms with van der Waals surface area (Å²) in [6.07, 6.45) is 5.02. The van der Waals surface area contributed by atoms with Crippen LogP contribution >= 0.6 is 11.6 Å². The van der Waals surface area contributed by atoms with Crippen LogP contribution in [0.15, 0.2) is 48.6 Å². The van der Waals surface area contributed by atoms with Crippen LogP contribution in [0.2, 0.25) is 5.02 Å². The number of hydrogen-bond donors (Lipinski definition) is 2. The number of carboxylic acids is 1. The summed E-state index contributed by atoms with van der Waals surface area (Å²) in [6, 6.07) is 10.7. The first-order valence-corrected chi connectivity index (χ1v) is 9.66. The number of benzene rings is 2. The Balaban J connectivity index is 1.65. The maximum Gasteiger partial charge on any atom is 0.343 e. The Morgan fingerprint density at radius 3 is 2.66 bits per heavy atom. The van der Waals surface area contributed by atoms with Crippen LogP contribution in [0.3, 0.4) is 0 Å². The van der Waals surface area contributed by atoms with Gasteiger partial charge in [0.05, 0.1) is 29.4 Å². The van der Waals surface area contributed by atoms with E-state index in [1.54, 1.807) is 12.1 Å². The molecule has 3 unspecified atom stereocenters. The maximum atomic E-state index is 11.8. The predicted octanol–water partition coefficient (Wildman–Crippen LogP) is 4.42. The summed E-state index contributed by atoms with van der Waals surface area (Å²) in [7, 11) is 1.31. The molecule has 0 bridgehead atoms. The van der Waals surface area contributed by atoms with Gasteiger partial charge in [0.1, 0.15) is 5.75 Å². The second kappa shape index (κ2) is 7.79. The molecular formula is C22H20ClNO5. The van der Waals surface area contributed by atoms with Crippen molar-refractivity contribution >= 4 is 29.2 Å². The molecule has 0 amide bonds. The molecule has 0 fully saturated rings. The Morgan fingerprint density at radius 1 is 1.21 bits per heavy atom. The van der Waals surface area contributed by atoms with Crippen LogP contribution in [0.4, 0.5) is 5.69 Å². The third kappa shape index (κ3) is 3.56. The van der Waals surface area contributed by atoms with Crippen LogP contribution in [-0.2, 0) is 9.53 Å². The lowest BCUT2D eigenvalue weighted by Crippen LogP contribution is -2.30. The van der Waals surface area contributed by atoms with E-state index in [1.807, 2.05) is 24.3 Å². The third-order valence-electron chi connectivity index (χ3n) is 5.52. The Hall–Kier alpha value is -2.99. The first kappa shape index (κ1) is 19.3. The van der Waals surface area contributed by atoms with Gasteiger partial charge in [0, 0.05) is 5.92 Å². The number of aromatic carboxylic acids is 1. The van der Waals surface area contributed by atoms with Crippen molar-refractivity contribution in [3.63, 3.8) is 0 Å². The van der Waals surface area contributed by atoms with E-state index in [-0.39, 0.29) is 30.0 Å². The molecule has 150 valence electrons. The molecule has 1 aliphatic heterocycles. The summed E-state index contributed by atoms with van der Waals surface area (Å²) >= 11 is 6.43. The first-order valence-electron chi connectivity index (χ1n) is 9.28. The second-order valence-electron chi connectivity index (χ2n) is 7.10. The molecule has 0 radical (unpaired) electrons. The zero-order valence-corrected chi connectivity index (χ0v) is 16.5. The third-order valence-corrected chi connectivity index (χ3v) is 5.84. The number of methoxy groups -OCH3 is 1. The van der Waals surface area contributed by atoms with Gasteiger partial charge in [0.2, 0.25) is 0 Å². The summed E-state index contributed by atoms with van der Waals surface area (Å²) < 4.78 is 9.99. The summed E-state index contributed by atoms with van der Waals surface area (Å²) in [5.74, 6) is -0.660. The smallest absolute Gasteiger partial charge is 0.343 e. The molecule has 7 heteroatoms. The van der Waals surface area contributed by atoms with Crippen LogP contribution in [0.5, 0.6) is 5.75 Å². The number of carbonyl (C=O) groups excluding carboxylic acids is 1. The van der Waals surface area contributed by atoms with Gasteiger partial charge in [-0.15, -0.1) is 0 Å². The first-order chi connectivity index (χ1) is 14.0. The van der Waals surface area contributed by atoms with Gasteiger partial charge in [-0.3, -0.25) is 0 Å². The highest BCUT2D eigenvalue weighted by atomic mass is 35.5. The van der Waals surface area contributed by atoms with Gasteiger partial charge >= 0.3 is 11.9 Å². The lowest BCUT2D eigenvalue weighted by atomic mass is 9.75. The van der Waals surface area contributed by atoms with Gasteiger partial charge in [-0.05, 0) is 47.7 Å². The van der Waals surface area contributed by atoms with E-state index >= 15 is 0 Å².